The summed E-state index contributed by atoms with van der Waals surface area (Å²) in [7, 11) is 0. The maximum Gasteiger partial charge on any atom is 0.108 e. The smallest absolute Gasteiger partial charge is 0.108 e. The third-order valence-electron chi connectivity index (χ3n) is 2.69. The summed E-state index contributed by atoms with van der Waals surface area (Å²) in [6, 6.07) is 13.1. The van der Waals surface area contributed by atoms with Crippen LogP contribution < -0.4 is 0 Å². The SMILES string of the molecule is OCC(O)[C@@H](O)c1cccc2ccccc12. The van der Waals surface area contributed by atoms with E-state index in [0.29, 0.717) is 5.56 Å². The lowest BCUT2D eigenvalue weighted by molar-refractivity contribution is -0.0145. The fourth-order valence-corrected chi connectivity index (χ4v) is 1.82. The van der Waals surface area contributed by atoms with Crippen LogP contribution in [-0.4, -0.2) is 28.0 Å². The highest BCUT2D eigenvalue weighted by Gasteiger charge is 2.18. The first-order chi connectivity index (χ1) is 7.74. The third kappa shape index (κ3) is 1.93. The van der Waals surface area contributed by atoms with E-state index >= 15 is 0 Å². The molecule has 2 aromatic rings. The molecule has 3 heteroatoms. The number of fused-ring (bicyclic) bond motifs is 1. The van der Waals surface area contributed by atoms with Crippen molar-refractivity contribution in [3.8, 4) is 0 Å². The van der Waals surface area contributed by atoms with E-state index in [1.54, 1.807) is 6.07 Å². The Kier molecular flexibility index (Phi) is 3.19. The van der Waals surface area contributed by atoms with Gasteiger partial charge in [-0.3, -0.25) is 0 Å². The Labute approximate surface area is 93.6 Å². The minimum atomic E-state index is -1.15. The molecule has 0 heterocycles. The largest absolute Gasteiger partial charge is 0.394 e. The van der Waals surface area contributed by atoms with E-state index in [0.717, 1.165) is 10.8 Å². The van der Waals surface area contributed by atoms with Gasteiger partial charge in [-0.05, 0) is 16.3 Å². The predicted octanol–water partition coefficient (Wildman–Crippen LogP) is 1.23. The van der Waals surface area contributed by atoms with E-state index in [1.807, 2.05) is 36.4 Å². The van der Waals surface area contributed by atoms with Gasteiger partial charge in [0.15, 0.2) is 0 Å². The third-order valence-corrected chi connectivity index (χ3v) is 2.69. The molecule has 0 spiro atoms. The molecule has 0 radical (unpaired) electrons. The Balaban J connectivity index is 2.52. The van der Waals surface area contributed by atoms with Gasteiger partial charge in [0.05, 0.1) is 6.61 Å². The lowest BCUT2D eigenvalue weighted by Crippen LogP contribution is -2.22. The fourth-order valence-electron chi connectivity index (χ4n) is 1.82. The number of aliphatic hydroxyl groups is 3. The van der Waals surface area contributed by atoms with Crippen molar-refractivity contribution in [2.24, 2.45) is 0 Å². The van der Waals surface area contributed by atoms with Gasteiger partial charge in [-0.1, -0.05) is 42.5 Å². The van der Waals surface area contributed by atoms with Gasteiger partial charge in [0, 0.05) is 0 Å². The molecule has 0 aliphatic heterocycles. The molecule has 0 saturated heterocycles. The maximum atomic E-state index is 9.88. The second-order valence-electron chi connectivity index (χ2n) is 3.76. The Morgan fingerprint density at radius 3 is 2.38 bits per heavy atom. The number of rotatable bonds is 3. The van der Waals surface area contributed by atoms with Gasteiger partial charge < -0.3 is 15.3 Å². The molecule has 0 aromatic heterocycles. The van der Waals surface area contributed by atoms with Crippen molar-refractivity contribution >= 4 is 10.8 Å². The van der Waals surface area contributed by atoms with Crippen LogP contribution in [0.3, 0.4) is 0 Å². The summed E-state index contributed by atoms with van der Waals surface area (Å²) < 4.78 is 0. The number of aliphatic hydroxyl groups excluding tert-OH is 3. The first-order valence-corrected chi connectivity index (χ1v) is 5.18. The van der Waals surface area contributed by atoms with Crippen molar-refractivity contribution in [3.63, 3.8) is 0 Å². The molecule has 2 rings (SSSR count). The molecule has 0 fully saturated rings. The second kappa shape index (κ2) is 4.61. The van der Waals surface area contributed by atoms with Crippen LogP contribution in [0.25, 0.3) is 10.8 Å². The van der Waals surface area contributed by atoms with Crippen molar-refractivity contribution in [3.05, 3.63) is 48.0 Å². The molecular weight excluding hydrogens is 204 g/mol. The van der Waals surface area contributed by atoms with Crippen LogP contribution in [0.1, 0.15) is 11.7 Å². The molecular formula is C13H14O3. The van der Waals surface area contributed by atoms with Crippen LogP contribution in [0.4, 0.5) is 0 Å². The van der Waals surface area contributed by atoms with Gasteiger partial charge in [-0.2, -0.15) is 0 Å². The standard InChI is InChI=1S/C13H14O3/c14-8-12(15)13(16)11-7-3-5-9-4-1-2-6-10(9)11/h1-7,12-16H,8H2/t12?,13-/m0/s1. The molecule has 84 valence electrons. The zero-order valence-corrected chi connectivity index (χ0v) is 8.74. The van der Waals surface area contributed by atoms with E-state index in [4.69, 9.17) is 5.11 Å². The minimum Gasteiger partial charge on any atom is -0.394 e. The van der Waals surface area contributed by atoms with Gasteiger partial charge in [-0.25, -0.2) is 0 Å². The first kappa shape index (κ1) is 11.1. The molecule has 0 aliphatic rings. The summed E-state index contributed by atoms with van der Waals surface area (Å²) in [6.45, 7) is -0.454. The topological polar surface area (TPSA) is 60.7 Å². The number of benzene rings is 2. The summed E-state index contributed by atoms with van der Waals surface area (Å²) in [6.07, 6.45) is -2.21. The molecule has 2 atom stereocenters. The Morgan fingerprint density at radius 1 is 0.938 bits per heavy atom. The van der Waals surface area contributed by atoms with Gasteiger partial charge >= 0.3 is 0 Å². The lowest BCUT2D eigenvalue weighted by Gasteiger charge is -2.17. The van der Waals surface area contributed by atoms with Crippen LogP contribution >= 0.6 is 0 Å². The average Bonchev–Trinajstić information content (AvgIpc) is 2.36. The van der Waals surface area contributed by atoms with Crippen LogP contribution in [0.2, 0.25) is 0 Å². The summed E-state index contributed by atoms with van der Waals surface area (Å²) in [4.78, 5) is 0. The Hall–Kier alpha value is -1.42. The molecule has 1 unspecified atom stereocenters. The van der Waals surface area contributed by atoms with E-state index in [-0.39, 0.29) is 0 Å². The molecule has 3 nitrogen and oxygen atoms in total. The van der Waals surface area contributed by atoms with Crippen LogP contribution in [0.5, 0.6) is 0 Å². The summed E-state index contributed by atoms with van der Waals surface area (Å²) in [5.74, 6) is 0. The quantitative estimate of drug-likeness (QED) is 0.726. The van der Waals surface area contributed by atoms with E-state index in [2.05, 4.69) is 0 Å². The molecule has 0 aliphatic carbocycles. The van der Waals surface area contributed by atoms with Crippen molar-refractivity contribution in [2.45, 2.75) is 12.2 Å². The maximum absolute atomic E-state index is 9.88. The van der Waals surface area contributed by atoms with Gasteiger partial charge in [0.2, 0.25) is 0 Å². The number of hydrogen-bond acceptors (Lipinski definition) is 3. The Morgan fingerprint density at radius 2 is 1.62 bits per heavy atom. The van der Waals surface area contributed by atoms with Gasteiger partial charge in [0.25, 0.3) is 0 Å². The lowest BCUT2D eigenvalue weighted by atomic mass is 9.98. The summed E-state index contributed by atoms with van der Waals surface area (Å²) in [5, 5.41) is 30.0. The molecule has 16 heavy (non-hydrogen) atoms. The molecule has 3 N–H and O–H groups in total. The number of hydrogen-bond donors (Lipinski definition) is 3. The normalized spacial score (nSPS) is 14.9. The van der Waals surface area contributed by atoms with Crippen molar-refractivity contribution < 1.29 is 15.3 Å². The molecule has 0 saturated carbocycles. The van der Waals surface area contributed by atoms with Gasteiger partial charge in [0.1, 0.15) is 12.2 Å². The second-order valence-corrected chi connectivity index (χ2v) is 3.76. The molecule has 2 aromatic carbocycles. The van der Waals surface area contributed by atoms with Crippen molar-refractivity contribution in [2.75, 3.05) is 6.61 Å². The van der Waals surface area contributed by atoms with E-state index in [1.165, 1.54) is 0 Å². The van der Waals surface area contributed by atoms with E-state index in [9.17, 15) is 10.2 Å². The van der Waals surface area contributed by atoms with Gasteiger partial charge in [-0.15, -0.1) is 0 Å². The highest BCUT2D eigenvalue weighted by atomic mass is 16.4. The summed E-state index contributed by atoms with van der Waals surface area (Å²) >= 11 is 0. The first-order valence-electron chi connectivity index (χ1n) is 5.18. The average molecular weight is 218 g/mol. The summed E-state index contributed by atoms with van der Waals surface area (Å²) in [5.41, 5.74) is 0.639. The van der Waals surface area contributed by atoms with Crippen LogP contribution in [0, 0.1) is 0 Å². The van der Waals surface area contributed by atoms with Crippen molar-refractivity contribution in [1.29, 1.82) is 0 Å². The van der Waals surface area contributed by atoms with Crippen LogP contribution in [-0.2, 0) is 0 Å². The van der Waals surface area contributed by atoms with Crippen LogP contribution in [0.15, 0.2) is 42.5 Å². The highest BCUT2D eigenvalue weighted by molar-refractivity contribution is 5.86. The zero-order valence-electron chi connectivity index (χ0n) is 8.74. The fraction of sp³-hybridized carbons (Fsp3) is 0.231. The monoisotopic (exact) mass is 218 g/mol. The Bertz CT molecular complexity index is 476. The molecule has 0 amide bonds. The predicted molar refractivity (Wildman–Crippen MR) is 62.0 cm³/mol. The highest BCUT2D eigenvalue weighted by Crippen LogP contribution is 2.25. The zero-order chi connectivity index (χ0) is 11.5. The molecule has 0 bridgehead atoms. The van der Waals surface area contributed by atoms with Crippen molar-refractivity contribution in [1.82, 2.24) is 0 Å². The van der Waals surface area contributed by atoms with E-state index < -0.39 is 18.8 Å². The minimum absolute atomic E-state index is 0.454.